The molecule has 1 saturated heterocycles. The number of aliphatic hydroxyl groups excluding tert-OH is 2. The number of carbonyl (C=O) groups excluding carboxylic acids is 1. The molecule has 174 valence electrons. The standard InChI is InChI=1S/C18H28N2O.C4H6O6/c1-4-5-12-20-13-7-6-11-16(20)18(21)19-17-14(2)9-8-10-15(17)3;5-1(3(7)8)2(6)4(9)10/h8-10,16H,4-7,11-13H2,1-3H3,(H,19,21);1-2,5-6H,(H,7,8)(H,9,10)/t16-;/m0./s1. The number of carboxylic acids is 2. The van der Waals surface area contributed by atoms with E-state index in [0.717, 1.165) is 42.7 Å². The van der Waals surface area contributed by atoms with Crippen LogP contribution in [0.3, 0.4) is 0 Å². The van der Waals surface area contributed by atoms with Crippen LogP contribution in [0.2, 0.25) is 0 Å². The minimum atomic E-state index is -2.27. The summed E-state index contributed by atoms with van der Waals surface area (Å²) in [6.45, 7) is 8.42. The van der Waals surface area contributed by atoms with Gasteiger partial charge in [-0.05, 0) is 57.3 Å². The second kappa shape index (κ2) is 13.0. The van der Waals surface area contributed by atoms with Gasteiger partial charge in [0.15, 0.2) is 12.2 Å². The van der Waals surface area contributed by atoms with E-state index >= 15 is 0 Å². The number of nitrogens with one attached hydrogen (secondary N) is 1. The molecular weight excluding hydrogens is 404 g/mol. The summed E-state index contributed by atoms with van der Waals surface area (Å²) >= 11 is 0. The van der Waals surface area contributed by atoms with Gasteiger partial charge in [-0.2, -0.15) is 0 Å². The van der Waals surface area contributed by atoms with Gasteiger partial charge < -0.3 is 25.7 Å². The zero-order valence-corrected chi connectivity index (χ0v) is 18.4. The van der Waals surface area contributed by atoms with Crippen molar-refractivity contribution in [3.63, 3.8) is 0 Å². The van der Waals surface area contributed by atoms with Crippen LogP contribution in [0.15, 0.2) is 18.2 Å². The van der Waals surface area contributed by atoms with Crippen LogP contribution in [-0.2, 0) is 14.4 Å². The van der Waals surface area contributed by atoms with Crippen LogP contribution in [0, 0.1) is 13.8 Å². The number of aliphatic hydroxyl groups is 2. The molecule has 5 N–H and O–H groups in total. The minimum Gasteiger partial charge on any atom is -0.479 e. The summed E-state index contributed by atoms with van der Waals surface area (Å²) in [5.41, 5.74) is 3.27. The van der Waals surface area contributed by atoms with Crippen molar-refractivity contribution >= 4 is 23.5 Å². The lowest BCUT2D eigenvalue weighted by Crippen LogP contribution is -2.47. The van der Waals surface area contributed by atoms with Crippen LogP contribution in [-0.4, -0.2) is 74.5 Å². The van der Waals surface area contributed by atoms with E-state index in [4.69, 9.17) is 20.4 Å². The molecule has 1 heterocycles. The molecule has 2 unspecified atom stereocenters. The van der Waals surface area contributed by atoms with E-state index in [9.17, 15) is 14.4 Å². The lowest BCUT2D eigenvalue weighted by molar-refractivity contribution is -0.165. The van der Waals surface area contributed by atoms with E-state index in [0.29, 0.717) is 0 Å². The van der Waals surface area contributed by atoms with E-state index in [1.165, 1.54) is 19.3 Å². The number of aryl methyl sites for hydroxylation is 2. The van der Waals surface area contributed by atoms with Crippen molar-refractivity contribution in [2.75, 3.05) is 18.4 Å². The predicted molar refractivity (Wildman–Crippen MR) is 116 cm³/mol. The summed E-state index contributed by atoms with van der Waals surface area (Å²) in [5.74, 6) is -3.37. The zero-order chi connectivity index (χ0) is 23.6. The number of nitrogens with zero attached hydrogens (tertiary/aromatic N) is 1. The molecule has 0 bridgehead atoms. The van der Waals surface area contributed by atoms with Gasteiger partial charge in [0, 0.05) is 5.69 Å². The summed E-state index contributed by atoms with van der Waals surface area (Å²) in [6.07, 6.45) is 1.19. The molecule has 1 fully saturated rings. The first-order valence-corrected chi connectivity index (χ1v) is 10.5. The number of amides is 1. The first-order valence-electron chi connectivity index (χ1n) is 10.5. The lowest BCUT2D eigenvalue weighted by Gasteiger charge is -2.34. The van der Waals surface area contributed by atoms with Gasteiger partial charge in [0.2, 0.25) is 5.91 Å². The normalized spacial score (nSPS) is 18.3. The fourth-order valence-electron chi connectivity index (χ4n) is 3.40. The third-order valence-corrected chi connectivity index (χ3v) is 5.25. The fourth-order valence-corrected chi connectivity index (χ4v) is 3.40. The van der Waals surface area contributed by atoms with E-state index in [2.05, 4.69) is 43.1 Å². The number of piperidine rings is 1. The largest absolute Gasteiger partial charge is 0.479 e. The Balaban J connectivity index is 0.000000407. The molecule has 1 aliphatic rings. The molecular formula is C22H34N2O7. The van der Waals surface area contributed by atoms with Gasteiger partial charge in [0.25, 0.3) is 0 Å². The topological polar surface area (TPSA) is 147 Å². The Hall–Kier alpha value is -2.49. The SMILES string of the molecule is CCCCN1CCCC[C@H]1C(=O)Nc1c(C)cccc1C.O=C(O)C(O)C(O)C(=O)O. The Morgan fingerprint density at radius 2 is 1.61 bits per heavy atom. The fraction of sp³-hybridized carbons (Fsp3) is 0.591. The molecule has 1 aromatic rings. The van der Waals surface area contributed by atoms with Gasteiger partial charge >= 0.3 is 11.9 Å². The second-order valence-electron chi connectivity index (χ2n) is 7.72. The Morgan fingerprint density at radius 3 is 2.10 bits per heavy atom. The molecule has 1 aromatic carbocycles. The van der Waals surface area contributed by atoms with Crippen LogP contribution in [0.4, 0.5) is 5.69 Å². The van der Waals surface area contributed by atoms with E-state index < -0.39 is 24.1 Å². The number of likely N-dealkylation sites (tertiary alicyclic amines) is 1. The summed E-state index contributed by atoms with van der Waals surface area (Å²) < 4.78 is 0. The number of para-hydroxylation sites is 1. The minimum absolute atomic E-state index is 0.0457. The maximum Gasteiger partial charge on any atom is 0.335 e. The van der Waals surface area contributed by atoms with E-state index in [1.54, 1.807) is 0 Å². The Bertz CT molecular complexity index is 715. The van der Waals surface area contributed by atoms with Crippen molar-refractivity contribution in [1.29, 1.82) is 0 Å². The highest BCUT2D eigenvalue weighted by Crippen LogP contribution is 2.23. The molecule has 1 aliphatic heterocycles. The number of benzene rings is 1. The third kappa shape index (κ3) is 8.28. The molecule has 9 heteroatoms. The zero-order valence-electron chi connectivity index (χ0n) is 18.4. The van der Waals surface area contributed by atoms with Crippen molar-refractivity contribution in [2.45, 2.75) is 71.1 Å². The second-order valence-corrected chi connectivity index (χ2v) is 7.72. The smallest absolute Gasteiger partial charge is 0.335 e. The number of anilines is 1. The monoisotopic (exact) mass is 438 g/mol. The van der Waals surface area contributed by atoms with Gasteiger partial charge in [-0.25, -0.2) is 9.59 Å². The van der Waals surface area contributed by atoms with Crippen LogP contribution >= 0.6 is 0 Å². The number of carbonyl (C=O) groups is 3. The van der Waals surface area contributed by atoms with Crippen molar-refractivity contribution in [2.24, 2.45) is 0 Å². The molecule has 0 radical (unpaired) electrons. The van der Waals surface area contributed by atoms with Gasteiger partial charge in [0.05, 0.1) is 6.04 Å². The first-order chi connectivity index (χ1) is 14.6. The molecule has 3 atom stereocenters. The number of rotatable bonds is 8. The van der Waals surface area contributed by atoms with E-state index in [1.807, 2.05) is 6.07 Å². The molecule has 1 amide bonds. The Kier molecular flexibility index (Phi) is 11.2. The lowest BCUT2D eigenvalue weighted by atomic mass is 10.00. The molecule has 31 heavy (non-hydrogen) atoms. The van der Waals surface area contributed by atoms with E-state index in [-0.39, 0.29) is 11.9 Å². The predicted octanol–water partition coefficient (Wildman–Crippen LogP) is 1.77. The molecule has 9 nitrogen and oxygen atoms in total. The van der Waals surface area contributed by atoms with Gasteiger partial charge in [-0.3, -0.25) is 9.69 Å². The number of unbranched alkanes of at least 4 members (excludes halogenated alkanes) is 1. The molecule has 0 aliphatic carbocycles. The summed E-state index contributed by atoms with van der Waals surface area (Å²) in [4.78, 5) is 34.6. The average molecular weight is 439 g/mol. The molecule has 2 rings (SSSR count). The summed E-state index contributed by atoms with van der Waals surface area (Å²) in [7, 11) is 0. The number of carboxylic acid groups (broad SMARTS) is 2. The maximum absolute atomic E-state index is 12.7. The summed E-state index contributed by atoms with van der Waals surface area (Å²) in [5, 5.41) is 35.7. The quantitative estimate of drug-likeness (QED) is 0.413. The van der Waals surface area contributed by atoms with Gasteiger partial charge in [0.1, 0.15) is 0 Å². The van der Waals surface area contributed by atoms with Gasteiger partial charge in [-0.1, -0.05) is 38.0 Å². The molecule has 0 spiro atoms. The van der Waals surface area contributed by atoms with Crippen LogP contribution in [0.1, 0.15) is 50.2 Å². The highest BCUT2D eigenvalue weighted by molar-refractivity contribution is 5.96. The average Bonchev–Trinajstić information content (AvgIpc) is 2.74. The Morgan fingerprint density at radius 1 is 1.06 bits per heavy atom. The van der Waals surface area contributed by atoms with Crippen molar-refractivity contribution in [3.05, 3.63) is 29.3 Å². The number of hydrogen-bond acceptors (Lipinski definition) is 6. The highest BCUT2D eigenvalue weighted by Gasteiger charge is 2.29. The van der Waals surface area contributed by atoms with Crippen LogP contribution < -0.4 is 5.32 Å². The number of hydrogen-bond donors (Lipinski definition) is 5. The molecule has 0 saturated carbocycles. The molecule has 0 aromatic heterocycles. The Labute approximate surface area is 182 Å². The van der Waals surface area contributed by atoms with Crippen LogP contribution in [0.5, 0.6) is 0 Å². The van der Waals surface area contributed by atoms with Gasteiger partial charge in [-0.15, -0.1) is 0 Å². The maximum atomic E-state index is 12.7. The number of aliphatic carboxylic acids is 2. The summed E-state index contributed by atoms with van der Waals surface area (Å²) in [6, 6.07) is 6.19. The van der Waals surface area contributed by atoms with Crippen molar-refractivity contribution < 1.29 is 34.8 Å². The first kappa shape index (κ1) is 26.5. The van der Waals surface area contributed by atoms with Crippen LogP contribution in [0.25, 0.3) is 0 Å². The third-order valence-electron chi connectivity index (χ3n) is 5.25. The highest BCUT2D eigenvalue weighted by atomic mass is 16.4. The van der Waals surface area contributed by atoms with Crippen molar-refractivity contribution in [3.8, 4) is 0 Å². The van der Waals surface area contributed by atoms with Crippen molar-refractivity contribution in [1.82, 2.24) is 4.90 Å².